The molecule has 1 aromatic rings. The molecule has 0 aliphatic rings. The maximum atomic E-state index is 8.56. The van der Waals surface area contributed by atoms with E-state index in [1.165, 1.54) is 11.6 Å². The fraction of sp³-hybridized carbons (Fsp3) is 0. The van der Waals surface area contributed by atoms with E-state index in [0.717, 1.165) is 0 Å². The molecule has 4 nitrogen and oxygen atoms in total. The second-order valence-electron chi connectivity index (χ2n) is 2.70. The lowest BCUT2D eigenvalue weighted by atomic mass is 10.2. The first-order valence-corrected chi connectivity index (χ1v) is 5.33. The van der Waals surface area contributed by atoms with Gasteiger partial charge in [0.1, 0.15) is 0 Å². The summed E-state index contributed by atoms with van der Waals surface area (Å²) in [4.78, 5) is 8.56. The van der Waals surface area contributed by atoms with Gasteiger partial charge in [-0.05, 0) is 5.56 Å². The first-order chi connectivity index (χ1) is 9.49. The summed E-state index contributed by atoms with van der Waals surface area (Å²) >= 11 is 0. The highest BCUT2D eigenvalue weighted by molar-refractivity contribution is 5.53. The van der Waals surface area contributed by atoms with Gasteiger partial charge in [-0.1, -0.05) is 74.9 Å². The van der Waals surface area contributed by atoms with E-state index in [-0.39, 0.29) is 0 Å². The highest BCUT2D eigenvalue weighted by Gasteiger charge is 1.75. The first kappa shape index (κ1) is 22.1. The Labute approximate surface area is 119 Å². The molecule has 0 aliphatic heterocycles. The summed E-state index contributed by atoms with van der Waals surface area (Å²) in [5.74, 6) is 0. The van der Waals surface area contributed by atoms with Gasteiger partial charge in [-0.15, -0.1) is 0 Å². The molecule has 0 spiro atoms. The minimum atomic E-state index is -1.83. The second-order valence-corrected chi connectivity index (χ2v) is 2.70. The van der Waals surface area contributed by atoms with E-state index < -0.39 is 6.16 Å². The number of hydrogen-bond acceptors (Lipinski definition) is 2. The zero-order chi connectivity index (χ0) is 16.2. The molecule has 0 saturated heterocycles. The number of carbonyl (C=O) groups is 1. The molecule has 4 heteroatoms. The summed E-state index contributed by atoms with van der Waals surface area (Å²) in [5.41, 5.74) is 1.17. The van der Waals surface area contributed by atoms with E-state index in [2.05, 4.69) is 26.3 Å². The van der Waals surface area contributed by atoms with Crippen molar-refractivity contribution in [3.8, 4) is 6.07 Å². The minimum Gasteiger partial charge on any atom is -0.450 e. The van der Waals surface area contributed by atoms with Crippen LogP contribution in [0.5, 0.6) is 0 Å². The normalized spacial score (nSPS) is 6.35. The molecular formula is C16H19NO3. The Bertz CT molecular complexity index is 421. The predicted octanol–water partition coefficient (Wildman–Crippen LogP) is 4.61. The van der Waals surface area contributed by atoms with Gasteiger partial charge in [0, 0.05) is 6.08 Å². The van der Waals surface area contributed by atoms with Gasteiger partial charge in [0.15, 0.2) is 0 Å². The molecule has 1 rings (SSSR count). The van der Waals surface area contributed by atoms with E-state index in [4.69, 9.17) is 20.3 Å². The largest absolute Gasteiger partial charge is 0.503 e. The van der Waals surface area contributed by atoms with Gasteiger partial charge in [0.2, 0.25) is 0 Å². The Kier molecular flexibility index (Phi) is 23.5. The van der Waals surface area contributed by atoms with Crippen LogP contribution in [0.3, 0.4) is 0 Å². The first-order valence-electron chi connectivity index (χ1n) is 5.33. The van der Waals surface area contributed by atoms with Gasteiger partial charge >= 0.3 is 6.16 Å². The number of carboxylic acid groups (broad SMARTS) is 2. The number of nitrogens with zero attached hydrogens (tertiary/aromatic N) is 1. The highest BCUT2D eigenvalue weighted by atomic mass is 16.6. The highest BCUT2D eigenvalue weighted by Crippen LogP contribution is 1.97. The third-order valence-corrected chi connectivity index (χ3v) is 1.29. The van der Waals surface area contributed by atoms with E-state index >= 15 is 0 Å². The maximum Gasteiger partial charge on any atom is 0.503 e. The lowest BCUT2D eigenvalue weighted by Crippen LogP contribution is -1.81. The van der Waals surface area contributed by atoms with Crippen LogP contribution < -0.4 is 0 Å². The Morgan fingerprint density at radius 1 is 1.05 bits per heavy atom. The van der Waals surface area contributed by atoms with Gasteiger partial charge in [-0.2, -0.15) is 5.26 Å². The van der Waals surface area contributed by atoms with Crippen LogP contribution in [-0.2, 0) is 0 Å². The zero-order valence-electron chi connectivity index (χ0n) is 11.3. The van der Waals surface area contributed by atoms with Crippen molar-refractivity contribution in [2.45, 2.75) is 0 Å². The van der Waals surface area contributed by atoms with Crippen molar-refractivity contribution >= 4 is 12.2 Å². The van der Waals surface area contributed by atoms with Crippen LogP contribution >= 0.6 is 0 Å². The average molecular weight is 273 g/mol. The van der Waals surface area contributed by atoms with Crippen molar-refractivity contribution in [1.82, 2.24) is 0 Å². The number of rotatable bonds is 2. The van der Waals surface area contributed by atoms with Gasteiger partial charge in [-0.3, -0.25) is 0 Å². The van der Waals surface area contributed by atoms with Crippen LogP contribution in [0, 0.1) is 11.3 Å². The summed E-state index contributed by atoms with van der Waals surface area (Å²) in [6, 6.07) is 11.7. The molecule has 2 N–H and O–H groups in total. The summed E-state index contributed by atoms with van der Waals surface area (Å²) in [6.07, 6.45) is 4.46. The standard InChI is InChI=1S/C8H8.C4H6.C3H3N.CH2O3/c1-2-8-6-4-3-5-7-8;1-3-4-2;1-2-3-4;2-1(3)4/h2-7H,1H2;3-4H,1-2H2;2H,1H2;(H2,2,3,4). The van der Waals surface area contributed by atoms with E-state index in [9.17, 15) is 0 Å². The smallest absolute Gasteiger partial charge is 0.450 e. The summed E-state index contributed by atoms with van der Waals surface area (Å²) < 4.78 is 0. The monoisotopic (exact) mass is 273 g/mol. The van der Waals surface area contributed by atoms with E-state index in [1.807, 2.05) is 36.4 Å². The summed E-state index contributed by atoms with van der Waals surface area (Å²) in [7, 11) is 0. The molecule has 0 heterocycles. The zero-order valence-corrected chi connectivity index (χ0v) is 11.3. The number of benzene rings is 1. The van der Waals surface area contributed by atoms with E-state index in [0.29, 0.717) is 0 Å². The van der Waals surface area contributed by atoms with Crippen molar-refractivity contribution < 1.29 is 15.0 Å². The molecule has 0 fully saturated rings. The Morgan fingerprint density at radius 2 is 1.40 bits per heavy atom. The van der Waals surface area contributed by atoms with Crippen molar-refractivity contribution in [1.29, 1.82) is 5.26 Å². The number of nitriles is 1. The Morgan fingerprint density at radius 3 is 1.55 bits per heavy atom. The van der Waals surface area contributed by atoms with Gasteiger partial charge < -0.3 is 10.2 Å². The predicted molar refractivity (Wildman–Crippen MR) is 83.4 cm³/mol. The molecule has 0 radical (unpaired) electrons. The lowest BCUT2D eigenvalue weighted by molar-refractivity contribution is 0.137. The molecule has 106 valence electrons. The molecule has 0 unspecified atom stereocenters. The van der Waals surface area contributed by atoms with Gasteiger partial charge in [0.25, 0.3) is 0 Å². The topological polar surface area (TPSA) is 81.3 Å². The number of hydrogen-bond donors (Lipinski definition) is 2. The molecular weight excluding hydrogens is 254 g/mol. The van der Waals surface area contributed by atoms with Gasteiger partial charge in [0.05, 0.1) is 6.07 Å². The van der Waals surface area contributed by atoms with Gasteiger partial charge in [-0.25, -0.2) is 4.79 Å². The minimum absolute atomic E-state index is 1.17. The molecule has 0 bridgehead atoms. The van der Waals surface area contributed by atoms with Crippen LogP contribution in [0.15, 0.2) is 74.9 Å². The van der Waals surface area contributed by atoms with Crippen LogP contribution in [-0.4, -0.2) is 16.4 Å². The summed E-state index contributed by atoms with van der Waals surface area (Å²) in [6.45, 7) is 13.5. The molecule has 0 saturated carbocycles. The Balaban J connectivity index is -0.000000209. The Hall–Kier alpha value is -3.06. The fourth-order valence-electron chi connectivity index (χ4n) is 0.589. The average Bonchev–Trinajstić information content (AvgIpc) is 2.48. The molecule has 0 amide bonds. The molecule has 20 heavy (non-hydrogen) atoms. The van der Waals surface area contributed by atoms with Crippen LogP contribution in [0.2, 0.25) is 0 Å². The number of allylic oxidation sites excluding steroid dienone is 3. The van der Waals surface area contributed by atoms with Crippen LogP contribution in [0.4, 0.5) is 4.79 Å². The molecule has 0 atom stereocenters. The van der Waals surface area contributed by atoms with Crippen molar-refractivity contribution in [3.63, 3.8) is 0 Å². The van der Waals surface area contributed by atoms with Crippen molar-refractivity contribution in [2.75, 3.05) is 0 Å². The SMILES string of the molecule is C=CC#N.C=CC=C.C=Cc1ccccc1.O=C(O)O. The van der Waals surface area contributed by atoms with Crippen molar-refractivity contribution in [2.24, 2.45) is 0 Å². The second kappa shape index (κ2) is 21.2. The quantitative estimate of drug-likeness (QED) is 0.609. The maximum absolute atomic E-state index is 8.56. The molecule has 1 aromatic carbocycles. The summed E-state index contributed by atoms with van der Waals surface area (Å²) in [5, 5.41) is 21.5. The van der Waals surface area contributed by atoms with Crippen molar-refractivity contribution in [3.05, 3.63) is 80.4 Å². The lowest BCUT2D eigenvalue weighted by Gasteiger charge is -1.85. The third-order valence-electron chi connectivity index (χ3n) is 1.29. The third kappa shape index (κ3) is 36.3. The van der Waals surface area contributed by atoms with Crippen LogP contribution in [0.25, 0.3) is 6.08 Å². The molecule has 0 aromatic heterocycles. The van der Waals surface area contributed by atoms with Crippen LogP contribution in [0.1, 0.15) is 5.56 Å². The van der Waals surface area contributed by atoms with E-state index in [1.54, 1.807) is 18.2 Å². The molecule has 0 aliphatic carbocycles. The fourth-order valence-corrected chi connectivity index (χ4v) is 0.589.